The van der Waals surface area contributed by atoms with Crippen molar-refractivity contribution in [1.29, 1.82) is 0 Å². The highest BCUT2D eigenvalue weighted by atomic mass is 32.1. The van der Waals surface area contributed by atoms with Crippen LogP contribution >= 0.6 is 11.3 Å². The number of benzene rings is 2. The quantitative estimate of drug-likeness (QED) is 0.544. The summed E-state index contributed by atoms with van der Waals surface area (Å²) in [6.45, 7) is 4.90. The number of rotatable bonds is 5. The third-order valence-electron chi connectivity index (χ3n) is 4.00. The molecule has 2 aromatic carbocycles. The molecule has 0 amide bonds. The summed E-state index contributed by atoms with van der Waals surface area (Å²) in [5, 5.41) is 0. The van der Waals surface area contributed by atoms with Crippen LogP contribution in [0.3, 0.4) is 0 Å². The molecule has 0 fully saturated rings. The third kappa shape index (κ3) is 2.82. The molecule has 5 nitrogen and oxygen atoms in total. The fourth-order valence-electron chi connectivity index (χ4n) is 2.91. The molecule has 0 N–H and O–H groups in total. The Morgan fingerprint density at radius 2 is 1.77 bits per heavy atom. The van der Waals surface area contributed by atoms with Crippen molar-refractivity contribution in [2.24, 2.45) is 0 Å². The molecule has 0 radical (unpaired) electrons. The van der Waals surface area contributed by atoms with Gasteiger partial charge in [-0.25, -0.2) is 9.38 Å². The Balaban J connectivity index is 1.94. The van der Waals surface area contributed by atoms with Crippen molar-refractivity contribution in [3.8, 4) is 11.5 Å². The van der Waals surface area contributed by atoms with Gasteiger partial charge >= 0.3 is 0 Å². The molecule has 0 saturated heterocycles. The summed E-state index contributed by atoms with van der Waals surface area (Å²) in [5.74, 6) is 1.28. The summed E-state index contributed by atoms with van der Waals surface area (Å²) in [4.78, 5) is 18.2. The number of nitrogens with zero attached hydrogens (tertiary/aromatic N) is 2. The average Bonchev–Trinajstić information content (AvgIpc) is 3.13. The van der Waals surface area contributed by atoms with Crippen molar-refractivity contribution < 1.29 is 9.47 Å². The predicted molar refractivity (Wildman–Crippen MR) is 104 cm³/mol. The fourth-order valence-corrected chi connectivity index (χ4v) is 3.90. The van der Waals surface area contributed by atoms with Crippen LogP contribution in [0, 0.1) is 0 Å². The van der Waals surface area contributed by atoms with E-state index in [0.29, 0.717) is 34.2 Å². The van der Waals surface area contributed by atoms with Crippen molar-refractivity contribution in [2.45, 2.75) is 13.8 Å². The van der Waals surface area contributed by atoms with Gasteiger partial charge in [0, 0.05) is 12.1 Å². The summed E-state index contributed by atoms with van der Waals surface area (Å²) in [5.41, 5.74) is 2.39. The smallest absolute Gasteiger partial charge is 0.274 e. The van der Waals surface area contributed by atoms with Gasteiger partial charge in [0.25, 0.3) is 5.56 Å². The molecule has 0 unspecified atom stereocenters. The number of hydrogen-bond acceptors (Lipinski definition) is 5. The molecule has 0 aliphatic rings. The summed E-state index contributed by atoms with van der Waals surface area (Å²) in [7, 11) is 0. The number of imidazole rings is 1. The van der Waals surface area contributed by atoms with Crippen LogP contribution in [-0.2, 0) is 0 Å². The van der Waals surface area contributed by atoms with Gasteiger partial charge < -0.3 is 9.47 Å². The first-order valence-electron chi connectivity index (χ1n) is 8.52. The Hall–Kier alpha value is -2.86. The third-order valence-corrected chi connectivity index (χ3v) is 4.97. The van der Waals surface area contributed by atoms with Crippen LogP contribution in [0.4, 0.5) is 0 Å². The zero-order valence-corrected chi connectivity index (χ0v) is 15.4. The van der Waals surface area contributed by atoms with Gasteiger partial charge in [-0.05, 0) is 25.5 Å². The molecule has 0 aliphatic carbocycles. The van der Waals surface area contributed by atoms with Gasteiger partial charge in [0.1, 0.15) is 0 Å². The highest BCUT2D eigenvalue weighted by Gasteiger charge is 2.15. The number of thiazole rings is 1. The van der Waals surface area contributed by atoms with Gasteiger partial charge in [-0.2, -0.15) is 0 Å². The Bertz CT molecular complexity index is 1180. The van der Waals surface area contributed by atoms with Gasteiger partial charge in [-0.15, -0.1) is 0 Å². The minimum Gasteiger partial charge on any atom is -0.490 e. The number of ether oxygens (including phenoxy) is 2. The summed E-state index contributed by atoms with van der Waals surface area (Å²) < 4.78 is 13.6. The van der Waals surface area contributed by atoms with E-state index in [1.807, 2.05) is 62.4 Å². The monoisotopic (exact) mass is 366 g/mol. The van der Waals surface area contributed by atoms with Crippen molar-refractivity contribution in [1.82, 2.24) is 9.38 Å². The molecule has 132 valence electrons. The maximum absolute atomic E-state index is 12.9. The van der Waals surface area contributed by atoms with Crippen molar-refractivity contribution >= 4 is 33.4 Å². The first-order chi connectivity index (χ1) is 12.7. The van der Waals surface area contributed by atoms with Crippen LogP contribution in [0.25, 0.3) is 22.1 Å². The van der Waals surface area contributed by atoms with E-state index in [1.165, 1.54) is 11.3 Å². The van der Waals surface area contributed by atoms with E-state index in [0.717, 1.165) is 16.6 Å². The van der Waals surface area contributed by atoms with Crippen molar-refractivity contribution in [3.05, 3.63) is 62.9 Å². The maximum atomic E-state index is 12.9. The first-order valence-corrected chi connectivity index (χ1v) is 9.34. The molecule has 0 atom stereocenters. The second-order valence-corrected chi connectivity index (χ2v) is 6.72. The molecule has 4 rings (SSSR count). The van der Waals surface area contributed by atoms with Crippen molar-refractivity contribution in [2.75, 3.05) is 13.2 Å². The lowest BCUT2D eigenvalue weighted by atomic mass is 10.2. The van der Waals surface area contributed by atoms with Gasteiger partial charge in [0.2, 0.25) is 0 Å². The number of fused-ring (bicyclic) bond motifs is 3. The highest BCUT2D eigenvalue weighted by Crippen LogP contribution is 2.32. The van der Waals surface area contributed by atoms with Crippen LogP contribution in [0.1, 0.15) is 19.4 Å². The summed E-state index contributed by atoms with van der Waals surface area (Å²) in [6.07, 6.45) is 1.89. The molecule has 6 heteroatoms. The van der Waals surface area contributed by atoms with Crippen LogP contribution in [0.15, 0.2) is 47.3 Å². The van der Waals surface area contributed by atoms with Crippen LogP contribution in [0.5, 0.6) is 11.5 Å². The number of hydrogen-bond donors (Lipinski definition) is 0. The molecular formula is C20H18N2O3S. The molecule has 4 aromatic rings. The van der Waals surface area contributed by atoms with E-state index in [-0.39, 0.29) is 5.56 Å². The zero-order chi connectivity index (χ0) is 18.1. The van der Waals surface area contributed by atoms with E-state index in [2.05, 4.69) is 4.98 Å². The van der Waals surface area contributed by atoms with Gasteiger partial charge in [-0.1, -0.05) is 41.7 Å². The summed E-state index contributed by atoms with van der Waals surface area (Å²) >= 11 is 1.39. The minimum atomic E-state index is -0.0667. The lowest BCUT2D eigenvalue weighted by Crippen LogP contribution is -2.22. The highest BCUT2D eigenvalue weighted by molar-refractivity contribution is 7.15. The second kappa shape index (κ2) is 6.80. The normalized spacial score (nSPS) is 12.2. The predicted octanol–water partition coefficient (Wildman–Crippen LogP) is 3.25. The lowest BCUT2D eigenvalue weighted by Gasteiger charge is -2.10. The molecule has 2 aromatic heterocycles. The molecular weight excluding hydrogens is 348 g/mol. The van der Waals surface area contributed by atoms with Gasteiger partial charge in [-0.3, -0.25) is 4.79 Å². The largest absolute Gasteiger partial charge is 0.490 e. The molecule has 26 heavy (non-hydrogen) atoms. The minimum absolute atomic E-state index is 0.0667. The van der Waals surface area contributed by atoms with E-state index in [4.69, 9.17) is 9.47 Å². The molecule has 0 spiro atoms. The molecule has 0 aliphatic heterocycles. The Labute approximate surface area is 154 Å². The average molecular weight is 366 g/mol. The first kappa shape index (κ1) is 16.6. The van der Waals surface area contributed by atoms with Gasteiger partial charge in [0.05, 0.1) is 28.8 Å². The van der Waals surface area contributed by atoms with Gasteiger partial charge in [0.15, 0.2) is 16.5 Å². The van der Waals surface area contributed by atoms with E-state index in [1.54, 1.807) is 4.40 Å². The zero-order valence-electron chi connectivity index (χ0n) is 14.6. The van der Waals surface area contributed by atoms with E-state index in [9.17, 15) is 4.79 Å². The number of aromatic nitrogens is 2. The molecule has 2 heterocycles. The fraction of sp³-hybridized carbons (Fsp3) is 0.200. The Kier molecular flexibility index (Phi) is 4.34. The van der Waals surface area contributed by atoms with Crippen molar-refractivity contribution in [3.63, 3.8) is 0 Å². The SMILES string of the molecule is CCOc1cc2nc3s/c(=C\c4ccccc4)c(=O)n3c2cc1OCC. The Morgan fingerprint density at radius 3 is 2.46 bits per heavy atom. The van der Waals surface area contributed by atoms with Crippen LogP contribution in [0.2, 0.25) is 0 Å². The molecule has 0 saturated carbocycles. The topological polar surface area (TPSA) is 52.8 Å². The van der Waals surface area contributed by atoms with Crippen LogP contribution in [-0.4, -0.2) is 22.6 Å². The van der Waals surface area contributed by atoms with E-state index < -0.39 is 0 Å². The standard InChI is InChI=1S/C20H18N2O3S/c1-3-24-16-11-14-15(12-17(16)25-4-2)22-19(23)18(26-20(22)21-14)10-13-8-6-5-7-9-13/h5-12H,3-4H2,1-2H3/b18-10-. The molecule has 0 bridgehead atoms. The lowest BCUT2D eigenvalue weighted by molar-refractivity contribution is 0.288. The summed E-state index contributed by atoms with van der Waals surface area (Å²) in [6, 6.07) is 13.5. The second-order valence-electron chi connectivity index (χ2n) is 5.71. The maximum Gasteiger partial charge on any atom is 0.274 e. The Morgan fingerprint density at radius 1 is 1.08 bits per heavy atom. The van der Waals surface area contributed by atoms with E-state index >= 15 is 0 Å². The van der Waals surface area contributed by atoms with Crippen LogP contribution < -0.4 is 19.6 Å².